The van der Waals surface area contributed by atoms with Crippen molar-refractivity contribution in [2.45, 2.75) is 13.3 Å². The highest BCUT2D eigenvalue weighted by molar-refractivity contribution is 5.79. The van der Waals surface area contributed by atoms with E-state index in [4.69, 9.17) is 9.47 Å². The monoisotopic (exact) mass is 226 g/mol. The minimum Gasteiger partial charge on any atom is -0.490 e. The molecule has 0 aliphatic rings. The normalized spacial score (nSPS) is 10.1. The van der Waals surface area contributed by atoms with Crippen LogP contribution in [-0.2, 0) is 4.74 Å². The molecule has 0 fully saturated rings. The van der Waals surface area contributed by atoms with Crippen molar-refractivity contribution < 1.29 is 18.7 Å². The van der Waals surface area contributed by atoms with Crippen LogP contribution >= 0.6 is 0 Å². The second-order valence-corrected chi connectivity index (χ2v) is 3.26. The van der Waals surface area contributed by atoms with Crippen molar-refractivity contribution in [3.63, 3.8) is 0 Å². The van der Waals surface area contributed by atoms with E-state index in [1.807, 2.05) is 6.92 Å². The van der Waals surface area contributed by atoms with Crippen molar-refractivity contribution in [3.8, 4) is 5.75 Å². The second kappa shape index (κ2) is 6.95. The summed E-state index contributed by atoms with van der Waals surface area (Å²) in [5.41, 5.74) is 0.218. The van der Waals surface area contributed by atoms with Crippen LogP contribution < -0.4 is 4.74 Å². The molecule has 0 radical (unpaired) electrons. The fraction of sp³-hybridized carbons (Fsp3) is 0.417. The first kappa shape index (κ1) is 12.6. The first-order valence-corrected chi connectivity index (χ1v) is 5.23. The SMILES string of the molecule is CCCOCCOc1ccc(F)cc1C=O. The van der Waals surface area contributed by atoms with Crippen molar-refractivity contribution in [2.24, 2.45) is 0 Å². The number of hydrogen-bond acceptors (Lipinski definition) is 3. The van der Waals surface area contributed by atoms with Crippen molar-refractivity contribution in [3.05, 3.63) is 29.6 Å². The lowest BCUT2D eigenvalue weighted by atomic mass is 10.2. The van der Waals surface area contributed by atoms with Gasteiger partial charge in [0.15, 0.2) is 6.29 Å². The van der Waals surface area contributed by atoms with Gasteiger partial charge in [0.1, 0.15) is 18.2 Å². The van der Waals surface area contributed by atoms with Gasteiger partial charge in [0.2, 0.25) is 0 Å². The van der Waals surface area contributed by atoms with Crippen molar-refractivity contribution in [1.82, 2.24) is 0 Å². The van der Waals surface area contributed by atoms with Gasteiger partial charge >= 0.3 is 0 Å². The number of ether oxygens (including phenoxy) is 2. The van der Waals surface area contributed by atoms with Crippen LogP contribution in [0.2, 0.25) is 0 Å². The molecule has 0 unspecified atom stereocenters. The second-order valence-electron chi connectivity index (χ2n) is 3.26. The average molecular weight is 226 g/mol. The van der Waals surface area contributed by atoms with Crippen molar-refractivity contribution in [1.29, 1.82) is 0 Å². The smallest absolute Gasteiger partial charge is 0.153 e. The molecule has 0 atom stereocenters. The van der Waals surface area contributed by atoms with E-state index >= 15 is 0 Å². The summed E-state index contributed by atoms with van der Waals surface area (Å²) in [7, 11) is 0. The molecule has 0 saturated heterocycles. The Kier molecular flexibility index (Phi) is 5.50. The molecule has 16 heavy (non-hydrogen) atoms. The molecule has 1 aromatic carbocycles. The maximum atomic E-state index is 12.8. The standard InChI is InChI=1S/C12H15FO3/c1-2-5-15-6-7-16-12-4-3-11(13)8-10(12)9-14/h3-4,8-9H,2,5-7H2,1H3. The molecule has 0 N–H and O–H groups in total. The first-order chi connectivity index (χ1) is 7.77. The van der Waals surface area contributed by atoms with E-state index in [1.165, 1.54) is 12.1 Å². The zero-order valence-electron chi connectivity index (χ0n) is 9.24. The van der Waals surface area contributed by atoms with Crippen LogP contribution in [0.4, 0.5) is 4.39 Å². The van der Waals surface area contributed by atoms with E-state index in [1.54, 1.807) is 0 Å². The maximum absolute atomic E-state index is 12.8. The van der Waals surface area contributed by atoms with Gasteiger partial charge in [-0.1, -0.05) is 6.92 Å². The van der Waals surface area contributed by atoms with E-state index < -0.39 is 5.82 Å². The van der Waals surface area contributed by atoms with Gasteiger partial charge in [-0.2, -0.15) is 0 Å². The molecule has 1 aromatic rings. The third-order valence-corrected chi connectivity index (χ3v) is 1.93. The molecule has 0 aliphatic carbocycles. The van der Waals surface area contributed by atoms with Crippen LogP contribution in [0.5, 0.6) is 5.75 Å². The number of benzene rings is 1. The Labute approximate surface area is 94.2 Å². The Morgan fingerprint density at radius 3 is 2.81 bits per heavy atom. The van der Waals surface area contributed by atoms with Crippen LogP contribution in [0.1, 0.15) is 23.7 Å². The molecule has 0 aliphatic heterocycles. The predicted molar refractivity (Wildman–Crippen MR) is 58.4 cm³/mol. The fourth-order valence-electron chi connectivity index (χ4n) is 1.20. The van der Waals surface area contributed by atoms with Crippen LogP contribution in [0.15, 0.2) is 18.2 Å². The largest absolute Gasteiger partial charge is 0.490 e. The first-order valence-electron chi connectivity index (χ1n) is 5.23. The van der Waals surface area contributed by atoms with Gasteiger partial charge in [-0.05, 0) is 24.6 Å². The molecule has 1 rings (SSSR count). The third-order valence-electron chi connectivity index (χ3n) is 1.93. The molecule has 0 aromatic heterocycles. The molecule has 0 spiro atoms. The topological polar surface area (TPSA) is 35.5 Å². The molecule has 0 heterocycles. The number of halogens is 1. The number of aldehydes is 1. The van der Waals surface area contributed by atoms with Gasteiger partial charge in [-0.25, -0.2) is 4.39 Å². The fourth-order valence-corrected chi connectivity index (χ4v) is 1.20. The van der Waals surface area contributed by atoms with E-state index in [2.05, 4.69) is 0 Å². The van der Waals surface area contributed by atoms with Crippen LogP contribution in [0.25, 0.3) is 0 Å². The summed E-state index contributed by atoms with van der Waals surface area (Å²) in [6.07, 6.45) is 1.53. The molecule has 0 bridgehead atoms. The lowest BCUT2D eigenvalue weighted by molar-refractivity contribution is 0.0991. The minimum atomic E-state index is -0.448. The van der Waals surface area contributed by atoms with Crippen LogP contribution in [0, 0.1) is 5.82 Å². The quantitative estimate of drug-likeness (QED) is 0.529. The Hall–Kier alpha value is -1.42. The highest BCUT2D eigenvalue weighted by Gasteiger charge is 2.04. The molecule has 88 valence electrons. The van der Waals surface area contributed by atoms with Gasteiger partial charge in [0.05, 0.1) is 12.2 Å². The third kappa shape index (κ3) is 3.98. The van der Waals surface area contributed by atoms with E-state index in [-0.39, 0.29) is 5.56 Å². The van der Waals surface area contributed by atoms with Crippen LogP contribution in [-0.4, -0.2) is 26.1 Å². The van der Waals surface area contributed by atoms with Gasteiger partial charge in [-0.15, -0.1) is 0 Å². The highest BCUT2D eigenvalue weighted by Crippen LogP contribution is 2.17. The highest BCUT2D eigenvalue weighted by atomic mass is 19.1. The Bertz CT molecular complexity index is 339. The number of carbonyl (C=O) groups is 1. The van der Waals surface area contributed by atoms with Gasteiger partial charge in [0.25, 0.3) is 0 Å². The summed E-state index contributed by atoms with van der Waals surface area (Å²) < 4.78 is 23.3. The van der Waals surface area contributed by atoms with Gasteiger partial charge in [-0.3, -0.25) is 4.79 Å². The Balaban J connectivity index is 2.44. The summed E-state index contributed by atoms with van der Waals surface area (Å²) in [6.45, 7) is 3.52. The molecule has 0 amide bonds. The number of rotatable bonds is 7. The molecular formula is C12H15FO3. The zero-order valence-corrected chi connectivity index (χ0v) is 9.24. The maximum Gasteiger partial charge on any atom is 0.153 e. The molecular weight excluding hydrogens is 211 g/mol. The predicted octanol–water partition coefficient (Wildman–Crippen LogP) is 2.44. The minimum absolute atomic E-state index is 0.218. The van der Waals surface area contributed by atoms with Crippen molar-refractivity contribution >= 4 is 6.29 Å². The zero-order chi connectivity index (χ0) is 11.8. The summed E-state index contributed by atoms with van der Waals surface area (Å²) in [5, 5.41) is 0. The summed E-state index contributed by atoms with van der Waals surface area (Å²) in [4.78, 5) is 10.6. The molecule has 3 nitrogen and oxygen atoms in total. The lowest BCUT2D eigenvalue weighted by Gasteiger charge is -2.08. The molecule has 0 saturated carbocycles. The van der Waals surface area contributed by atoms with Crippen LogP contribution in [0.3, 0.4) is 0 Å². The Morgan fingerprint density at radius 2 is 2.12 bits per heavy atom. The van der Waals surface area contributed by atoms with Crippen molar-refractivity contribution in [2.75, 3.05) is 19.8 Å². The lowest BCUT2D eigenvalue weighted by Crippen LogP contribution is -2.08. The van der Waals surface area contributed by atoms with E-state index in [9.17, 15) is 9.18 Å². The summed E-state index contributed by atoms with van der Waals surface area (Å²) >= 11 is 0. The summed E-state index contributed by atoms with van der Waals surface area (Å²) in [6, 6.07) is 3.85. The number of carbonyl (C=O) groups excluding carboxylic acids is 1. The van der Waals surface area contributed by atoms with Gasteiger partial charge < -0.3 is 9.47 Å². The average Bonchev–Trinajstić information content (AvgIpc) is 2.30. The number of hydrogen-bond donors (Lipinski definition) is 0. The van der Waals surface area contributed by atoms with E-state index in [0.717, 1.165) is 12.5 Å². The summed E-state index contributed by atoms with van der Waals surface area (Å²) in [5.74, 6) is -0.0619. The van der Waals surface area contributed by atoms with E-state index in [0.29, 0.717) is 31.9 Å². The van der Waals surface area contributed by atoms with Gasteiger partial charge in [0, 0.05) is 6.61 Å². The Morgan fingerprint density at radius 1 is 1.31 bits per heavy atom. The molecule has 4 heteroatoms.